The number of phenols is 1. The minimum Gasteiger partial charge on any atom is -0.508 e. The minimum atomic E-state index is 0.162. The molecule has 0 spiro atoms. The highest BCUT2D eigenvalue weighted by Crippen LogP contribution is 2.20. The number of phenolic OH excluding ortho intramolecular Hbond substituents is 1. The van der Waals surface area contributed by atoms with Gasteiger partial charge in [0.2, 0.25) is 0 Å². The molecule has 0 saturated heterocycles. The molecular weight excluding hydrogens is 204 g/mol. The summed E-state index contributed by atoms with van der Waals surface area (Å²) in [5.41, 5.74) is 1.73. The molecule has 0 amide bonds. The van der Waals surface area contributed by atoms with Gasteiger partial charge in [0.15, 0.2) is 0 Å². The smallest absolute Gasteiger partial charge is 0.130 e. The van der Waals surface area contributed by atoms with Crippen molar-refractivity contribution in [1.29, 1.82) is 0 Å². The van der Waals surface area contributed by atoms with E-state index in [1.807, 2.05) is 11.6 Å². The number of benzene rings is 1. The molecule has 1 heterocycles. The van der Waals surface area contributed by atoms with Gasteiger partial charge in [-0.25, -0.2) is 4.98 Å². The van der Waals surface area contributed by atoms with Crippen LogP contribution in [0.25, 0.3) is 11.0 Å². The Morgan fingerprint density at radius 2 is 2.25 bits per heavy atom. The van der Waals surface area contributed by atoms with Crippen molar-refractivity contribution in [2.24, 2.45) is 7.05 Å². The number of ketones is 1. The first-order chi connectivity index (χ1) is 7.58. The molecule has 0 unspecified atom stereocenters. The highest BCUT2D eigenvalue weighted by molar-refractivity contribution is 5.78. The Morgan fingerprint density at radius 3 is 2.94 bits per heavy atom. The zero-order chi connectivity index (χ0) is 11.7. The van der Waals surface area contributed by atoms with Crippen LogP contribution in [0.5, 0.6) is 5.75 Å². The number of aryl methyl sites for hydroxylation is 2. The van der Waals surface area contributed by atoms with Gasteiger partial charge in [0, 0.05) is 26.0 Å². The lowest BCUT2D eigenvalue weighted by Crippen LogP contribution is -2.01. The zero-order valence-electron chi connectivity index (χ0n) is 9.40. The van der Waals surface area contributed by atoms with Crippen molar-refractivity contribution in [3.8, 4) is 5.75 Å². The van der Waals surface area contributed by atoms with Crippen LogP contribution in [0.1, 0.15) is 19.2 Å². The van der Waals surface area contributed by atoms with Crippen LogP contribution in [0.15, 0.2) is 18.2 Å². The second kappa shape index (κ2) is 3.96. The van der Waals surface area contributed by atoms with E-state index in [9.17, 15) is 9.90 Å². The lowest BCUT2D eigenvalue weighted by Gasteiger charge is -2.00. The second-order valence-electron chi connectivity index (χ2n) is 3.96. The van der Waals surface area contributed by atoms with Crippen LogP contribution in [-0.2, 0) is 18.3 Å². The molecule has 4 nitrogen and oxygen atoms in total. The second-order valence-corrected chi connectivity index (χ2v) is 3.96. The molecule has 4 heteroatoms. The molecule has 0 aliphatic heterocycles. The van der Waals surface area contributed by atoms with Crippen molar-refractivity contribution in [2.75, 3.05) is 0 Å². The van der Waals surface area contributed by atoms with Gasteiger partial charge in [-0.1, -0.05) is 0 Å². The topological polar surface area (TPSA) is 55.1 Å². The van der Waals surface area contributed by atoms with Crippen molar-refractivity contribution in [3.63, 3.8) is 0 Å². The van der Waals surface area contributed by atoms with Crippen molar-refractivity contribution >= 4 is 16.8 Å². The first kappa shape index (κ1) is 10.7. The fraction of sp³-hybridized carbons (Fsp3) is 0.333. The maximum atomic E-state index is 10.9. The normalized spacial score (nSPS) is 10.9. The zero-order valence-corrected chi connectivity index (χ0v) is 9.40. The van der Waals surface area contributed by atoms with E-state index >= 15 is 0 Å². The Balaban J connectivity index is 2.40. The van der Waals surface area contributed by atoms with E-state index in [0.29, 0.717) is 12.8 Å². The number of carbonyl (C=O) groups is 1. The van der Waals surface area contributed by atoms with Gasteiger partial charge >= 0.3 is 0 Å². The molecular formula is C12H14N2O2. The van der Waals surface area contributed by atoms with E-state index in [0.717, 1.165) is 16.9 Å². The summed E-state index contributed by atoms with van der Waals surface area (Å²) >= 11 is 0. The third kappa shape index (κ3) is 1.91. The SMILES string of the molecule is CC(=O)CCc1nc2ccc(O)cc2n1C. The molecule has 1 N–H and O–H groups in total. The number of hydrogen-bond acceptors (Lipinski definition) is 3. The van der Waals surface area contributed by atoms with Crippen molar-refractivity contribution in [1.82, 2.24) is 9.55 Å². The molecule has 0 aliphatic carbocycles. The number of imidazole rings is 1. The van der Waals surface area contributed by atoms with Crippen LogP contribution < -0.4 is 0 Å². The van der Waals surface area contributed by atoms with Crippen molar-refractivity contribution in [2.45, 2.75) is 19.8 Å². The maximum Gasteiger partial charge on any atom is 0.130 e. The van der Waals surface area contributed by atoms with Gasteiger partial charge in [0.1, 0.15) is 17.4 Å². The monoisotopic (exact) mass is 218 g/mol. The lowest BCUT2D eigenvalue weighted by atomic mass is 10.2. The van der Waals surface area contributed by atoms with Crippen LogP contribution in [0, 0.1) is 0 Å². The first-order valence-electron chi connectivity index (χ1n) is 5.21. The summed E-state index contributed by atoms with van der Waals surface area (Å²) in [6, 6.07) is 5.08. The summed E-state index contributed by atoms with van der Waals surface area (Å²) in [4.78, 5) is 15.3. The fourth-order valence-electron chi connectivity index (χ4n) is 1.74. The molecule has 2 rings (SSSR count). The van der Waals surface area contributed by atoms with Crippen LogP contribution in [-0.4, -0.2) is 20.4 Å². The number of rotatable bonds is 3. The first-order valence-corrected chi connectivity index (χ1v) is 5.21. The Labute approximate surface area is 93.5 Å². The number of nitrogens with zero attached hydrogens (tertiary/aromatic N) is 2. The van der Waals surface area contributed by atoms with Gasteiger partial charge in [-0.05, 0) is 19.1 Å². The average molecular weight is 218 g/mol. The predicted octanol–water partition coefficient (Wildman–Crippen LogP) is 1.80. The molecule has 1 aromatic heterocycles. The molecule has 0 saturated carbocycles. The van der Waals surface area contributed by atoms with Gasteiger partial charge in [-0.3, -0.25) is 0 Å². The van der Waals surface area contributed by atoms with Gasteiger partial charge < -0.3 is 14.5 Å². The fourth-order valence-corrected chi connectivity index (χ4v) is 1.74. The summed E-state index contributed by atoms with van der Waals surface area (Å²) in [6.07, 6.45) is 1.14. The highest BCUT2D eigenvalue weighted by atomic mass is 16.3. The van der Waals surface area contributed by atoms with Gasteiger partial charge in [-0.2, -0.15) is 0 Å². The average Bonchev–Trinajstić information content (AvgIpc) is 2.53. The van der Waals surface area contributed by atoms with Gasteiger partial charge in [0.05, 0.1) is 11.0 Å². The molecule has 84 valence electrons. The van der Waals surface area contributed by atoms with E-state index in [4.69, 9.17) is 0 Å². The van der Waals surface area contributed by atoms with Gasteiger partial charge in [-0.15, -0.1) is 0 Å². The minimum absolute atomic E-state index is 0.162. The van der Waals surface area contributed by atoms with E-state index < -0.39 is 0 Å². The number of aromatic nitrogens is 2. The number of Topliss-reactive ketones (excluding diaryl/α,β-unsaturated/α-hetero) is 1. The van der Waals surface area contributed by atoms with Crippen LogP contribution in [0.3, 0.4) is 0 Å². The maximum absolute atomic E-state index is 10.9. The van der Waals surface area contributed by atoms with E-state index in [1.54, 1.807) is 25.1 Å². The number of fused-ring (bicyclic) bond motifs is 1. The Kier molecular flexibility index (Phi) is 2.64. The summed E-state index contributed by atoms with van der Waals surface area (Å²) in [5, 5.41) is 9.39. The quantitative estimate of drug-likeness (QED) is 0.854. The predicted molar refractivity (Wildman–Crippen MR) is 61.4 cm³/mol. The Bertz CT molecular complexity index is 543. The molecule has 16 heavy (non-hydrogen) atoms. The number of hydrogen-bond donors (Lipinski definition) is 1. The van der Waals surface area contributed by atoms with Crippen LogP contribution >= 0.6 is 0 Å². The van der Waals surface area contributed by atoms with E-state index in [2.05, 4.69) is 4.98 Å². The van der Waals surface area contributed by atoms with E-state index in [-0.39, 0.29) is 11.5 Å². The molecule has 0 bridgehead atoms. The molecule has 2 aromatic rings. The van der Waals surface area contributed by atoms with Crippen LogP contribution in [0.4, 0.5) is 0 Å². The summed E-state index contributed by atoms with van der Waals surface area (Å²) in [6.45, 7) is 1.58. The third-order valence-corrected chi connectivity index (χ3v) is 2.66. The highest BCUT2D eigenvalue weighted by Gasteiger charge is 2.08. The Hall–Kier alpha value is -1.84. The molecule has 1 aromatic carbocycles. The number of carbonyl (C=O) groups excluding carboxylic acids is 1. The summed E-state index contributed by atoms with van der Waals surface area (Å²) < 4.78 is 1.91. The van der Waals surface area contributed by atoms with Crippen molar-refractivity contribution in [3.05, 3.63) is 24.0 Å². The largest absolute Gasteiger partial charge is 0.508 e. The number of aromatic hydroxyl groups is 1. The lowest BCUT2D eigenvalue weighted by molar-refractivity contribution is -0.117. The van der Waals surface area contributed by atoms with Gasteiger partial charge in [0.25, 0.3) is 0 Å². The summed E-state index contributed by atoms with van der Waals surface area (Å²) in [5.74, 6) is 1.26. The molecule has 0 aliphatic rings. The third-order valence-electron chi connectivity index (χ3n) is 2.66. The molecule has 0 fully saturated rings. The standard InChI is InChI=1S/C12H14N2O2/c1-8(15)3-6-12-13-10-5-4-9(16)7-11(10)14(12)2/h4-5,7,16H,3,6H2,1-2H3. The molecule has 0 atom stereocenters. The Morgan fingerprint density at radius 1 is 1.50 bits per heavy atom. The molecule has 0 radical (unpaired) electrons. The van der Waals surface area contributed by atoms with Crippen molar-refractivity contribution < 1.29 is 9.90 Å². The summed E-state index contributed by atoms with van der Waals surface area (Å²) in [7, 11) is 1.89. The van der Waals surface area contributed by atoms with E-state index in [1.165, 1.54) is 0 Å². The van der Waals surface area contributed by atoms with Crippen LogP contribution in [0.2, 0.25) is 0 Å².